The summed E-state index contributed by atoms with van der Waals surface area (Å²) in [6.45, 7) is 0. The van der Waals surface area contributed by atoms with Crippen molar-refractivity contribution in [3.8, 4) is 17.2 Å². The summed E-state index contributed by atoms with van der Waals surface area (Å²) in [5.74, 6) is 1.74. The van der Waals surface area contributed by atoms with Crippen LogP contribution in [0.3, 0.4) is 0 Å². The summed E-state index contributed by atoms with van der Waals surface area (Å²) >= 11 is 9.79. The first kappa shape index (κ1) is 21.7. The first-order valence-electron chi connectivity index (χ1n) is 9.77. The van der Waals surface area contributed by atoms with E-state index in [1.165, 1.54) is 0 Å². The van der Waals surface area contributed by atoms with Crippen molar-refractivity contribution in [2.24, 2.45) is 4.99 Å². The molecule has 31 heavy (non-hydrogen) atoms. The normalized spacial score (nSPS) is 18.4. The van der Waals surface area contributed by atoms with Crippen molar-refractivity contribution >= 4 is 33.2 Å². The zero-order valence-electron chi connectivity index (χ0n) is 17.1. The van der Waals surface area contributed by atoms with Crippen LogP contribution < -0.4 is 14.8 Å². The van der Waals surface area contributed by atoms with Gasteiger partial charge in [-0.2, -0.15) is 0 Å². The third-order valence-electron chi connectivity index (χ3n) is 5.32. The molecule has 5 nitrogen and oxygen atoms in total. The third-order valence-corrected chi connectivity index (χ3v) is 6.18. The molecule has 0 spiro atoms. The minimum atomic E-state index is -0.309. The molecule has 3 aromatic rings. The second-order valence-corrected chi connectivity index (χ2v) is 8.52. The first-order valence-corrected chi connectivity index (χ1v) is 10.9. The van der Waals surface area contributed by atoms with Crippen LogP contribution in [-0.4, -0.2) is 25.0 Å². The van der Waals surface area contributed by atoms with Gasteiger partial charge < -0.3 is 14.6 Å². The molecule has 1 aliphatic heterocycles. The number of aliphatic imine (C=N–C) groups is 1. The van der Waals surface area contributed by atoms with Crippen LogP contribution in [0.5, 0.6) is 17.2 Å². The topological polar surface area (TPSA) is 63.1 Å². The minimum Gasteiger partial charge on any atom is -0.508 e. The maximum Gasteiger partial charge on any atom is 0.133 e. The lowest BCUT2D eigenvalue weighted by Gasteiger charge is -2.31. The Morgan fingerprint density at radius 3 is 2.48 bits per heavy atom. The molecule has 2 atom stereocenters. The Hall–Kier alpha value is -2.54. The molecule has 0 fully saturated rings. The molecule has 3 aromatic carbocycles. The Labute approximate surface area is 194 Å². The molecule has 1 aliphatic rings. The zero-order valence-corrected chi connectivity index (χ0v) is 19.4. The SMILES string of the molecule is COc1ccc(C2=N[C@@H](c3ccc(OC)c(Br)c3)N[C@H](c3cc(Cl)ccc3O)C2)cc1. The molecule has 4 rings (SSSR count). The second-order valence-electron chi connectivity index (χ2n) is 7.23. The minimum absolute atomic E-state index is 0.167. The number of nitrogens with one attached hydrogen (secondary N) is 1. The number of phenols is 1. The van der Waals surface area contributed by atoms with Crippen molar-refractivity contribution in [2.45, 2.75) is 18.6 Å². The predicted octanol–water partition coefficient (Wildman–Crippen LogP) is 6.05. The average Bonchev–Trinajstić information content (AvgIpc) is 2.80. The van der Waals surface area contributed by atoms with Crippen LogP contribution in [0.25, 0.3) is 0 Å². The van der Waals surface area contributed by atoms with E-state index in [4.69, 9.17) is 26.1 Å². The van der Waals surface area contributed by atoms with Crippen molar-refractivity contribution in [1.29, 1.82) is 0 Å². The Kier molecular flexibility index (Phi) is 6.51. The number of phenolic OH excluding ortho intramolecular Hbond substituents is 1. The number of hydrogen-bond donors (Lipinski definition) is 2. The molecule has 0 bridgehead atoms. The van der Waals surface area contributed by atoms with E-state index < -0.39 is 0 Å². The lowest BCUT2D eigenvalue weighted by atomic mass is 9.93. The van der Waals surface area contributed by atoms with Crippen molar-refractivity contribution in [3.63, 3.8) is 0 Å². The fraction of sp³-hybridized carbons (Fsp3) is 0.208. The predicted molar refractivity (Wildman–Crippen MR) is 127 cm³/mol. The fourth-order valence-corrected chi connectivity index (χ4v) is 4.43. The van der Waals surface area contributed by atoms with Gasteiger partial charge in [0.05, 0.1) is 18.7 Å². The number of nitrogens with zero attached hydrogens (tertiary/aromatic N) is 1. The highest BCUT2D eigenvalue weighted by atomic mass is 79.9. The molecule has 1 heterocycles. The van der Waals surface area contributed by atoms with Gasteiger partial charge in [-0.15, -0.1) is 0 Å². The van der Waals surface area contributed by atoms with E-state index in [0.717, 1.165) is 38.4 Å². The molecule has 0 saturated carbocycles. The number of benzene rings is 3. The van der Waals surface area contributed by atoms with Gasteiger partial charge in [-0.25, -0.2) is 0 Å². The Morgan fingerprint density at radius 2 is 1.81 bits per heavy atom. The van der Waals surface area contributed by atoms with Crippen molar-refractivity contribution in [1.82, 2.24) is 5.32 Å². The van der Waals surface area contributed by atoms with Gasteiger partial charge in [0.25, 0.3) is 0 Å². The second kappa shape index (κ2) is 9.30. The molecule has 0 radical (unpaired) electrons. The van der Waals surface area contributed by atoms with Gasteiger partial charge in [0.2, 0.25) is 0 Å². The Morgan fingerprint density at radius 1 is 1.03 bits per heavy atom. The number of rotatable bonds is 5. The van der Waals surface area contributed by atoms with E-state index in [9.17, 15) is 5.11 Å². The van der Waals surface area contributed by atoms with E-state index in [2.05, 4.69) is 21.2 Å². The lowest BCUT2D eigenvalue weighted by molar-refractivity contribution is 0.406. The molecule has 0 amide bonds. The molecule has 2 N–H and O–H groups in total. The van der Waals surface area contributed by atoms with E-state index in [1.807, 2.05) is 42.5 Å². The van der Waals surface area contributed by atoms with Gasteiger partial charge in [0.15, 0.2) is 0 Å². The van der Waals surface area contributed by atoms with Crippen LogP contribution in [-0.2, 0) is 0 Å². The van der Waals surface area contributed by atoms with E-state index in [0.29, 0.717) is 11.4 Å². The number of hydrogen-bond acceptors (Lipinski definition) is 5. The highest BCUT2D eigenvalue weighted by Crippen LogP contribution is 2.37. The average molecular weight is 502 g/mol. The summed E-state index contributed by atoms with van der Waals surface area (Å²) in [6.07, 6.45) is 0.296. The first-order chi connectivity index (χ1) is 15.0. The number of ether oxygens (including phenoxy) is 2. The van der Waals surface area contributed by atoms with Gasteiger partial charge >= 0.3 is 0 Å². The molecule has 0 saturated heterocycles. The molecule has 0 aromatic heterocycles. The van der Waals surface area contributed by atoms with Gasteiger partial charge in [0, 0.05) is 28.8 Å². The number of methoxy groups -OCH3 is 2. The van der Waals surface area contributed by atoms with Crippen molar-refractivity contribution in [2.75, 3.05) is 14.2 Å². The third kappa shape index (κ3) is 4.71. The van der Waals surface area contributed by atoms with Crippen LogP contribution in [0.1, 0.15) is 35.3 Å². The van der Waals surface area contributed by atoms with Crippen molar-refractivity contribution < 1.29 is 14.6 Å². The standard InChI is InChI=1S/C24H22BrClN2O3/c1-30-17-7-3-14(4-8-17)20-13-21(18-12-16(26)6-9-22(18)29)28-24(27-20)15-5-10-23(31-2)19(25)11-15/h3-12,21,24,28-29H,13H2,1-2H3/t21-,24+/m0/s1. The lowest BCUT2D eigenvalue weighted by Crippen LogP contribution is -2.33. The van der Waals surface area contributed by atoms with Gasteiger partial charge in [-0.3, -0.25) is 10.3 Å². The molecule has 0 unspecified atom stereocenters. The van der Waals surface area contributed by atoms with Gasteiger partial charge in [-0.1, -0.05) is 17.7 Å². The van der Waals surface area contributed by atoms with Crippen LogP contribution in [0.2, 0.25) is 5.02 Å². The highest BCUT2D eigenvalue weighted by Gasteiger charge is 2.28. The van der Waals surface area contributed by atoms with E-state index >= 15 is 0 Å². The summed E-state index contributed by atoms with van der Waals surface area (Å²) in [5, 5.41) is 14.6. The van der Waals surface area contributed by atoms with Crippen LogP contribution in [0, 0.1) is 0 Å². The maximum absolute atomic E-state index is 10.5. The van der Waals surface area contributed by atoms with Crippen LogP contribution in [0.4, 0.5) is 0 Å². The summed E-state index contributed by atoms with van der Waals surface area (Å²) in [6, 6.07) is 18.7. The number of aromatic hydroxyl groups is 1. The largest absolute Gasteiger partial charge is 0.508 e. The molecule has 7 heteroatoms. The van der Waals surface area contributed by atoms with E-state index in [1.54, 1.807) is 32.4 Å². The van der Waals surface area contributed by atoms with E-state index in [-0.39, 0.29) is 18.0 Å². The van der Waals surface area contributed by atoms with Crippen LogP contribution >= 0.6 is 27.5 Å². The monoisotopic (exact) mass is 500 g/mol. The number of halogens is 2. The summed E-state index contributed by atoms with van der Waals surface area (Å²) in [7, 11) is 3.28. The molecular weight excluding hydrogens is 480 g/mol. The quantitative estimate of drug-likeness (QED) is 0.447. The summed E-state index contributed by atoms with van der Waals surface area (Å²) in [5.41, 5.74) is 3.66. The smallest absolute Gasteiger partial charge is 0.133 e. The van der Waals surface area contributed by atoms with Crippen molar-refractivity contribution in [3.05, 3.63) is 86.8 Å². The fourth-order valence-electron chi connectivity index (χ4n) is 3.69. The molecular formula is C24H22BrClN2O3. The van der Waals surface area contributed by atoms with Gasteiger partial charge in [-0.05, 0) is 81.7 Å². The van der Waals surface area contributed by atoms with Gasteiger partial charge in [0.1, 0.15) is 23.4 Å². The Bertz CT molecular complexity index is 1120. The molecule has 0 aliphatic carbocycles. The summed E-state index contributed by atoms with van der Waals surface area (Å²) in [4.78, 5) is 4.99. The van der Waals surface area contributed by atoms with Crippen LogP contribution in [0.15, 0.2) is 70.1 Å². The maximum atomic E-state index is 10.5. The zero-order chi connectivity index (χ0) is 22.0. The summed E-state index contributed by atoms with van der Waals surface area (Å²) < 4.78 is 11.5. The Balaban J connectivity index is 1.76. The highest BCUT2D eigenvalue weighted by molar-refractivity contribution is 9.10. The molecule has 160 valence electrons.